The molecule has 0 aliphatic rings. The van der Waals surface area contributed by atoms with E-state index in [1.165, 1.54) is 35.1 Å². The van der Waals surface area contributed by atoms with Crippen LogP contribution in [-0.2, 0) is 0 Å². The SMILES string of the molecule is CC.CCCC.Cc1c(C(C)C)cc(C(C)C)cc1C(C)C. The van der Waals surface area contributed by atoms with Crippen molar-refractivity contribution in [3.05, 3.63) is 34.4 Å². The minimum absolute atomic E-state index is 0.621. The van der Waals surface area contributed by atoms with E-state index in [-0.39, 0.29) is 0 Å². The Kier molecular flexibility index (Phi) is 13.6. The third-order valence-electron chi connectivity index (χ3n) is 3.92. The van der Waals surface area contributed by atoms with E-state index < -0.39 is 0 Å². The van der Waals surface area contributed by atoms with E-state index in [4.69, 9.17) is 0 Å². The standard InChI is InChI=1S/C16H26.C4H10.C2H6/c1-10(2)14-8-15(11(3)4)13(7)16(9-14)12(5)6;1-3-4-2;1-2/h8-12H,1-7H3;3-4H2,1-2H3;1-2H3. The van der Waals surface area contributed by atoms with Crippen LogP contribution in [0.3, 0.4) is 0 Å². The second-order valence-electron chi connectivity index (χ2n) is 6.79. The molecule has 0 bridgehead atoms. The fraction of sp³-hybridized carbons (Fsp3) is 0.727. The average Bonchev–Trinajstić information content (AvgIpc) is 2.48. The molecule has 1 rings (SSSR count). The molecular weight excluding hydrogens is 264 g/mol. The molecule has 0 saturated heterocycles. The van der Waals surface area contributed by atoms with E-state index in [1.54, 1.807) is 0 Å². The average molecular weight is 307 g/mol. The normalized spacial score (nSPS) is 10.3. The lowest BCUT2D eigenvalue weighted by Gasteiger charge is -2.20. The summed E-state index contributed by atoms with van der Waals surface area (Å²) < 4.78 is 0. The molecular formula is C22H42. The van der Waals surface area contributed by atoms with E-state index in [2.05, 4.69) is 74.4 Å². The van der Waals surface area contributed by atoms with Gasteiger partial charge in [0.2, 0.25) is 0 Å². The molecule has 0 fully saturated rings. The molecule has 1 aromatic carbocycles. The third kappa shape index (κ3) is 8.01. The predicted molar refractivity (Wildman–Crippen MR) is 105 cm³/mol. The zero-order valence-corrected chi connectivity index (χ0v) is 17.3. The Hall–Kier alpha value is -0.780. The predicted octanol–water partition coefficient (Wildman–Crippen LogP) is 8.20. The van der Waals surface area contributed by atoms with Gasteiger partial charge in [0.15, 0.2) is 0 Å². The summed E-state index contributed by atoms with van der Waals surface area (Å²) in [5.74, 6) is 1.86. The van der Waals surface area contributed by atoms with Crippen LogP contribution in [-0.4, -0.2) is 0 Å². The summed E-state index contributed by atoms with van der Waals surface area (Å²) >= 11 is 0. The van der Waals surface area contributed by atoms with Gasteiger partial charge in [-0.25, -0.2) is 0 Å². The summed E-state index contributed by atoms with van der Waals surface area (Å²) in [4.78, 5) is 0. The third-order valence-corrected chi connectivity index (χ3v) is 3.92. The highest BCUT2D eigenvalue weighted by Gasteiger charge is 2.13. The highest BCUT2D eigenvalue weighted by Crippen LogP contribution is 2.31. The first-order chi connectivity index (χ1) is 10.3. The summed E-state index contributed by atoms with van der Waals surface area (Å²) in [5, 5.41) is 0. The zero-order valence-electron chi connectivity index (χ0n) is 17.3. The first-order valence-electron chi connectivity index (χ1n) is 9.40. The van der Waals surface area contributed by atoms with Gasteiger partial charge in [-0.3, -0.25) is 0 Å². The Morgan fingerprint density at radius 2 is 1.00 bits per heavy atom. The van der Waals surface area contributed by atoms with Gasteiger partial charge in [0.05, 0.1) is 0 Å². The minimum Gasteiger partial charge on any atom is -0.0683 e. The molecule has 22 heavy (non-hydrogen) atoms. The van der Waals surface area contributed by atoms with Gasteiger partial charge >= 0.3 is 0 Å². The number of hydrogen-bond acceptors (Lipinski definition) is 0. The van der Waals surface area contributed by atoms with Crippen molar-refractivity contribution in [2.75, 3.05) is 0 Å². The molecule has 0 heterocycles. The Bertz CT molecular complexity index is 352. The van der Waals surface area contributed by atoms with Gasteiger partial charge < -0.3 is 0 Å². The van der Waals surface area contributed by atoms with Gasteiger partial charge in [-0.15, -0.1) is 0 Å². The molecule has 0 unspecified atom stereocenters. The van der Waals surface area contributed by atoms with Crippen LogP contribution in [0.25, 0.3) is 0 Å². The van der Waals surface area contributed by atoms with Crippen molar-refractivity contribution in [3.8, 4) is 0 Å². The van der Waals surface area contributed by atoms with E-state index >= 15 is 0 Å². The van der Waals surface area contributed by atoms with Crippen LogP contribution < -0.4 is 0 Å². The summed E-state index contributed by atoms with van der Waals surface area (Å²) in [6, 6.07) is 4.80. The number of benzene rings is 1. The number of unbranched alkanes of at least 4 members (excludes halogenated alkanes) is 1. The van der Waals surface area contributed by atoms with Crippen molar-refractivity contribution in [2.24, 2.45) is 0 Å². The summed E-state index contributed by atoms with van der Waals surface area (Å²) in [7, 11) is 0. The van der Waals surface area contributed by atoms with Gasteiger partial charge in [-0.05, 0) is 46.9 Å². The second-order valence-corrected chi connectivity index (χ2v) is 6.79. The number of hydrogen-bond donors (Lipinski definition) is 0. The Morgan fingerprint density at radius 3 is 1.18 bits per heavy atom. The van der Waals surface area contributed by atoms with Crippen LogP contribution in [0.4, 0.5) is 0 Å². The van der Waals surface area contributed by atoms with Gasteiger partial charge in [-0.2, -0.15) is 0 Å². The highest BCUT2D eigenvalue weighted by molar-refractivity contribution is 5.42. The van der Waals surface area contributed by atoms with Crippen molar-refractivity contribution >= 4 is 0 Å². The minimum atomic E-state index is 0.621. The smallest absolute Gasteiger partial charge is 0.0216 e. The van der Waals surface area contributed by atoms with Crippen LogP contribution in [0.15, 0.2) is 12.1 Å². The highest BCUT2D eigenvalue weighted by atomic mass is 14.2. The fourth-order valence-electron chi connectivity index (χ4n) is 2.32. The van der Waals surface area contributed by atoms with Gasteiger partial charge in [0, 0.05) is 0 Å². The summed E-state index contributed by atoms with van der Waals surface area (Å²) in [6.07, 6.45) is 2.64. The fourth-order valence-corrected chi connectivity index (χ4v) is 2.32. The molecule has 0 aliphatic carbocycles. The largest absolute Gasteiger partial charge is 0.0683 e. The maximum absolute atomic E-state index is 2.40. The molecule has 0 saturated carbocycles. The van der Waals surface area contributed by atoms with Crippen molar-refractivity contribution in [2.45, 2.75) is 107 Å². The van der Waals surface area contributed by atoms with Crippen LogP contribution in [0, 0.1) is 6.92 Å². The van der Waals surface area contributed by atoms with Crippen LogP contribution >= 0.6 is 0 Å². The molecule has 0 nitrogen and oxygen atoms in total. The zero-order chi connectivity index (χ0) is 17.9. The molecule has 0 radical (unpaired) electrons. The molecule has 0 heteroatoms. The Balaban J connectivity index is 0. The van der Waals surface area contributed by atoms with Gasteiger partial charge in [0.25, 0.3) is 0 Å². The molecule has 0 aliphatic heterocycles. The maximum atomic E-state index is 2.40. The van der Waals surface area contributed by atoms with Gasteiger partial charge in [-0.1, -0.05) is 94.2 Å². The molecule has 0 N–H and O–H groups in total. The molecule has 0 spiro atoms. The van der Waals surface area contributed by atoms with Crippen molar-refractivity contribution in [1.82, 2.24) is 0 Å². The summed E-state index contributed by atoms with van der Waals surface area (Å²) in [6.45, 7) is 24.3. The van der Waals surface area contributed by atoms with E-state index in [0.29, 0.717) is 17.8 Å². The molecule has 0 aromatic heterocycles. The van der Waals surface area contributed by atoms with E-state index in [1.807, 2.05) is 13.8 Å². The van der Waals surface area contributed by atoms with E-state index in [0.717, 1.165) is 0 Å². The number of rotatable bonds is 4. The van der Waals surface area contributed by atoms with Crippen LogP contribution in [0.1, 0.15) is 122 Å². The van der Waals surface area contributed by atoms with Crippen LogP contribution in [0.2, 0.25) is 0 Å². The Labute approximate surface area is 141 Å². The molecule has 1 aromatic rings. The first kappa shape index (κ1) is 23.5. The molecule has 130 valence electrons. The van der Waals surface area contributed by atoms with Crippen LogP contribution in [0.5, 0.6) is 0 Å². The van der Waals surface area contributed by atoms with Crippen molar-refractivity contribution in [3.63, 3.8) is 0 Å². The second kappa shape index (κ2) is 12.7. The topological polar surface area (TPSA) is 0 Å². The molecule has 0 amide bonds. The lowest BCUT2D eigenvalue weighted by molar-refractivity contribution is 0.792. The lowest BCUT2D eigenvalue weighted by Crippen LogP contribution is -2.03. The summed E-state index contributed by atoms with van der Waals surface area (Å²) in [5.41, 5.74) is 6.03. The van der Waals surface area contributed by atoms with E-state index in [9.17, 15) is 0 Å². The monoisotopic (exact) mass is 306 g/mol. The van der Waals surface area contributed by atoms with Crippen molar-refractivity contribution < 1.29 is 0 Å². The lowest BCUT2D eigenvalue weighted by atomic mass is 9.85. The Morgan fingerprint density at radius 1 is 0.682 bits per heavy atom. The first-order valence-corrected chi connectivity index (χ1v) is 9.40. The maximum Gasteiger partial charge on any atom is -0.0216 e. The van der Waals surface area contributed by atoms with Gasteiger partial charge in [0.1, 0.15) is 0 Å². The van der Waals surface area contributed by atoms with Crippen molar-refractivity contribution in [1.29, 1.82) is 0 Å². The molecule has 0 atom stereocenters. The quantitative estimate of drug-likeness (QED) is 0.526.